The molecule has 1 heterocycles. The van der Waals surface area contributed by atoms with Crippen LogP contribution in [-0.4, -0.2) is 22.1 Å². The highest BCUT2D eigenvalue weighted by Crippen LogP contribution is 2.21. The molecule has 0 aliphatic heterocycles. The molecule has 0 fully saturated rings. The summed E-state index contributed by atoms with van der Waals surface area (Å²) in [5.41, 5.74) is 0. The van der Waals surface area contributed by atoms with Gasteiger partial charge in [0.25, 0.3) is 0 Å². The van der Waals surface area contributed by atoms with Crippen LogP contribution in [0.15, 0.2) is 12.4 Å². The second-order valence-electron chi connectivity index (χ2n) is 3.38. The van der Waals surface area contributed by atoms with Crippen LogP contribution in [0, 0.1) is 0 Å². The summed E-state index contributed by atoms with van der Waals surface area (Å²) in [6.07, 6.45) is -2.88. The fourth-order valence-electron chi connectivity index (χ4n) is 1.15. The van der Waals surface area contributed by atoms with Gasteiger partial charge < -0.3 is 10.3 Å². The van der Waals surface area contributed by atoms with E-state index in [-0.39, 0.29) is 0 Å². The molecule has 0 aromatic carbocycles. The zero-order valence-electron chi connectivity index (χ0n) is 8.64. The lowest BCUT2D eigenvalue weighted by molar-refractivity contribution is -0.144. The van der Waals surface area contributed by atoms with E-state index in [1.807, 2.05) is 0 Å². The normalized spacial score (nSPS) is 13.5. The number of H-pyrrole nitrogens is 1. The van der Waals surface area contributed by atoms with Crippen molar-refractivity contribution in [3.63, 3.8) is 0 Å². The predicted octanol–water partition coefficient (Wildman–Crippen LogP) is 1.93. The van der Waals surface area contributed by atoms with E-state index in [1.165, 1.54) is 6.20 Å². The molecule has 1 amide bonds. The molecule has 2 N–H and O–H groups in total. The number of hydrogen-bond acceptors (Lipinski definition) is 2. The Kier molecular flexibility index (Phi) is 3.92. The van der Waals surface area contributed by atoms with Crippen molar-refractivity contribution in [3.05, 3.63) is 18.2 Å². The SMILES string of the molecule is CC(NC(=O)CCC(F)(F)F)c1ncc[nH]1. The molecule has 0 aliphatic carbocycles. The van der Waals surface area contributed by atoms with Crippen molar-refractivity contribution in [1.29, 1.82) is 0 Å². The van der Waals surface area contributed by atoms with Crippen molar-refractivity contribution < 1.29 is 18.0 Å². The summed E-state index contributed by atoms with van der Waals surface area (Å²) in [6.45, 7) is 1.64. The van der Waals surface area contributed by atoms with Crippen LogP contribution in [0.4, 0.5) is 13.2 Å². The lowest BCUT2D eigenvalue weighted by atomic mass is 10.2. The number of nitrogens with zero attached hydrogens (tertiary/aromatic N) is 1. The number of carbonyl (C=O) groups is 1. The third kappa shape index (κ3) is 4.33. The van der Waals surface area contributed by atoms with Gasteiger partial charge in [0, 0.05) is 18.8 Å². The van der Waals surface area contributed by atoms with Gasteiger partial charge in [-0.3, -0.25) is 4.79 Å². The number of nitrogens with one attached hydrogen (secondary N) is 2. The van der Waals surface area contributed by atoms with Crippen molar-refractivity contribution in [3.8, 4) is 0 Å². The van der Waals surface area contributed by atoms with Gasteiger partial charge in [-0.25, -0.2) is 4.98 Å². The lowest BCUT2D eigenvalue weighted by Gasteiger charge is -2.12. The number of amides is 1. The van der Waals surface area contributed by atoms with Crippen LogP contribution in [0.25, 0.3) is 0 Å². The standard InChI is InChI=1S/C9H12F3N3O/c1-6(8-13-4-5-14-8)15-7(16)2-3-9(10,11)12/h4-6H,2-3H2,1H3,(H,13,14)(H,15,16). The molecule has 0 saturated carbocycles. The summed E-state index contributed by atoms with van der Waals surface area (Å²) in [7, 11) is 0. The fraction of sp³-hybridized carbons (Fsp3) is 0.556. The Hall–Kier alpha value is -1.53. The highest BCUT2D eigenvalue weighted by atomic mass is 19.4. The zero-order valence-corrected chi connectivity index (χ0v) is 8.64. The van der Waals surface area contributed by atoms with Gasteiger partial charge in [0.05, 0.1) is 12.5 Å². The molecule has 0 aliphatic rings. The quantitative estimate of drug-likeness (QED) is 0.837. The Morgan fingerprint density at radius 3 is 2.81 bits per heavy atom. The minimum Gasteiger partial charge on any atom is -0.347 e. The molecule has 0 radical (unpaired) electrons. The molecule has 7 heteroatoms. The van der Waals surface area contributed by atoms with Crippen molar-refractivity contribution in [2.75, 3.05) is 0 Å². The average Bonchev–Trinajstić information content (AvgIpc) is 2.66. The Morgan fingerprint density at radius 2 is 2.31 bits per heavy atom. The number of aromatic nitrogens is 2. The fourth-order valence-corrected chi connectivity index (χ4v) is 1.15. The van der Waals surface area contributed by atoms with Crippen LogP contribution in [0.2, 0.25) is 0 Å². The van der Waals surface area contributed by atoms with Crippen molar-refractivity contribution in [1.82, 2.24) is 15.3 Å². The molecule has 1 rings (SSSR count). The number of hydrogen-bond donors (Lipinski definition) is 2. The highest BCUT2D eigenvalue weighted by Gasteiger charge is 2.28. The minimum absolute atomic E-state index is 0.421. The second kappa shape index (κ2) is 5.00. The van der Waals surface area contributed by atoms with E-state index in [1.54, 1.807) is 13.1 Å². The van der Waals surface area contributed by atoms with E-state index >= 15 is 0 Å². The van der Waals surface area contributed by atoms with E-state index in [0.717, 1.165) is 0 Å². The molecule has 16 heavy (non-hydrogen) atoms. The van der Waals surface area contributed by atoms with Crippen molar-refractivity contribution >= 4 is 5.91 Å². The average molecular weight is 235 g/mol. The van der Waals surface area contributed by atoms with Gasteiger partial charge in [-0.2, -0.15) is 13.2 Å². The van der Waals surface area contributed by atoms with Crippen LogP contribution in [0.1, 0.15) is 31.6 Å². The van der Waals surface area contributed by atoms with Crippen molar-refractivity contribution in [2.24, 2.45) is 0 Å². The van der Waals surface area contributed by atoms with Crippen LogP contribution in [-0.2, 0) is 4.79 Å². The maximum absolute atomic E-state index is 11.8. The molecule has 1 unspecified atom stereocenters. The van der Waals surface area contributed by atoms with Crippen LogP contribution in [0.5, 0.6) is 0 Å². The number of aromatic amines is 1. The first kappa shape index (κ1) is 12.5. The summed E-state index contributed by atoms with van der Waals surface area (Å²) in [4.78, 5) is 17.8. The Morgan fingerprint density at radius 1 is 1.62 bits per heavy atom. The summed E-state index contributed by atoms with van der Waals surface area (Å²) in [6, 6.07) is -0.421. The predicted molar refractivity (Wildman–Crippen MR) is 50.4 cm³/mol. The van der Waals surface area contributed by atoms with Gasteiger partial charge in [0.15, 0.2) is 0 Å². The highest BCUT2D eigenvalue weighted by molar-refractivity contribution is 5.76. The number of rotatable bonds is 4. The van der Waals surface area contributed by atoms with Crippen LogP contribution < -0.4 is 5.32 Å². The van der Waals surface area contributed by atoms with Gasteiger partial charge in [-0.15, -0.1) is 0 Å². The largest absolute Gasteiger partial charge is 0.389 e. The molecule has 0 bridgehead atoms. The lowest BCUT2D eigenvalue weighted by Crippen LogP contribution is -2.28. The van der Waals surface area contributed by atoms with E-state index < -0.39 is 31.0 Å². The first-order valence-electron chi connectivity index (χ1n) is 4.74. The van der Waals surface area contributed by atoms with E-state index in [2.05, 4.69) is 15.3 Å². The molecule has 1 aromatic heterocycles. The van der Waals surface area contributed by atoms with Crippen molar-refractivity contribution in [2.45, 2.75) is 32.0 Å². The van der Waals surface area contributed by atoms with E-state index in [0.29, 0.717) is 5.82 Å². The van der Waals surface area contributed by atoms with Gasteiger partial charge in [-0.1, -0.05) is 0 Å². The molecule has 0 spiro atoms. The Labute approximate surface area is 90.3 Å². The molecule has 90 valence electrons. The molecule has 0 saturated heterocycles. The van der Waals surface area contributed by atoms with Gasteiger partial charge in [0.2, 0.25) is 5.91 Å². The number of imidazole rings is 1. The third-order valence-corrected chi connectivity index (χ3v) is 1.94. The third-order valence-electron chi connectivity index (χ3n) is 1.94. The number of alkyl halides is 3. The Balaban J connectivity index is 2.35. The summed E-state index contributed by atoms with van der Waals surface area (Å²) < 4.78 is 35.5. The first-order chi connectivity index (χ1) is 7.38. The zero-order chi connectivity index (χ0) is 12.2. The summed E-state index contributed by atoms with van der Waals surface area (Å²) in [5, 5.41) is 2.42. The van der Waals surface area contributed by atoms with Crippen LogP contribution >= 0.6 is 0 Å². The number of halogens is 3. The topological polar surface area (TPSA) is 57.8 Å². The number of carbonyl (C=O) groups excluding carboxylic acids is 1. The smallest absolute Gasteiger partial charge is 0.347 e. The Bertz CT molecular complexity index is 334. The molecule has 4 nitrogen and oxygen atoms in total. The van der Waals surface area contributed by atoms with Gasteiger partial charge >= 0.3 is 6.18 Å². The molecular formula is C9H12F3N3O. The van der Waals surface area contributed by atoms with Crippen LogP contribution in [0.3, 0.4) is 0 Å². The summed E-state index contributed by atoms with van der Waals surface area (Å²) in [5.74, 6) is -0.124. The van der Waals surface area contributed by atoms with E-state index in [4.69, 9.17) is 0 Å². The monoisotopic (exact) mass is 235 g/mol. The second-order valence-corrected chi connectivity index (χ2v) is 3.38. The summed E-state index contributed by atoms with van der Waals surface area (Å²) >= 11 is 0. The molecular weight excluding hydrogens is 223 g/mol. The maximum Gasteiger partial charge on any atom is 0.389 e. The molecule has 1 aromatic rings. The maximum atomic E-state index is 11.8. The minimum atomic E-state index is -4.30. The first-order valence-corrected chi connectivity index (χ1v) is 4.74. The van der Waals surface area contributed by atoms with Gasteiger partial charge in [-0.05, 0) is 6.92 Å². The molecule has 1 atom stereocenters. The van der Waals surface area contributed by atoms with Gasteiger partial charge in [0.1, 0.15) is 5.82 Å². The van der Waals surface area contributed by atoms with E-state index in [9.17, 15) is 18.0 Å².